The Hall–Kier alpha value is -3.43. The van der Waals surface area contributed by atoms with Crippen LogP contribution in [0.3, 0.4) is 0 Å². The van der Waals surface area contributed by atoms with Gasteiger partial charge in [-0.15, -0.1) is 11.3 Å². The average Bonchev–Trinajstić information content (AvgIpc) is 3.46. The highest BCUT2D eigenvalue weighted by atomic mass is 35.5. The minimum Gasteiger partial charge on any atom is -0.493 e. The van der Waals surface area contributed by atoms with Crippen LogP contribution in [0.15, 0.2) is 54.4 Å². The lowest BCUT2D eigenvalue weighted by Crippen LogP contribution is -2.16. The number of hydrogen-bond donors (Lipinski definition) is 1. The van der Waals surface area contributed by atoms with E-state index in [4.69, 9.17) is 21.1 Å². The third kappa shape index (κ3) is 4.68. The molecule has 0 aliphatic heterocycles. The summed E-state index contributed by atoms with van der Waals surface area (Å²) in [6.07, 6.45) is 3.09. The Bertz CT molecular complexity index is 1210. The Labute approximate surface area is 187 Å². The largest absolute Gasteiger partial charge is 0.493 e. The van der Waals surface area contributed by atoms with Gasteiger partial charge >= 0.3 is 0 Å². The molecule has 4 aromatic rings. The molecule has 0 unspecified atom stereocenters. The number of aromatic nitrogens is 4. The van der Waals surface area contributed by atoms with Gasteiger partial charge in [-0.05, 0) is 36.4 Å². The van der Waals surface area contributed by atoms with E-state index >= 15 is 0 Å². The van der Waals surface area contributed by atoms with Crippen molar-refractivity contribution >= 4 is 34.5 Å². The van der Waals surface area contributed by atoms with Gasteiger partial charge in [0.05, 0.1) is 37.7 Å². The van der Waals surface area contributed by atoms with E-state index in [2.05, 4.69) is 20.4 Å². The maximum atomic E-state index is 12.7. The number of carbonyl (C=O) groups excluding carboxylic acids is 1. The quantitative estimate of drug-likeness (QED) is 0.448. The molecule has 1 amide bonds. The minimum atomic E-state index is -0.215. The van der Waals surface area contributed by atoms with Crippen molar-refractivity contribution in [2.45, 2.75) is 6.42 Å². The van der Waals surface area contributed by atoms with E-state index in [1.807, 2.05) is 23.6 Å². The molecule has 2 aromatic carbocycles. The molecular formula is C21H18ClN5O3S. The van der Waals surface area contributed by atoms with Crippen molar-refractivity contribution in [2.75, 3.05) is 19.5 Å². The number of methoxy groups -OCH3 is 2. The molecule has 31 heavy (non-hydrogen) atoms. The molecule has 0 aliphatic carbocycles. The molecular weight excluding hydrogens is 438 g/mol. The van der Waals surface area contributed by atoms with Gasteiger partial charge < -0.3 is 14.8 Å². The van der Waals surface area contributed by atoms with Crippen LogP contribution in [0.1, 0.15) is 5.69 Å². The highest BCUT2D eigenvalue weighted by Crippen LogP contribution is 2.33. The third-order valence-electron chi connectivity index (χ3n) is 4.42. The van der Waals surface area contributed by atoms with Crippen LogP contribution in [0.25, 0.3) is 16.3 Å². The summed E-state index contributed by atoms with van der Waals surface area (Å²) in [6, 6.07) is 10.8. The molecule has 10 heteroatoms. The molecule has 0 atom stereocenters. The van der Waals surface area contributed by atoms with Crippen molar-refractivity contribution in [1.29, 1.82) is 0 Å². The number of carbonyl (C=O) groups is 1. The SMILES string of the molecule is COc1ccc(-c2nc(CC(=O)Nc3cc(Cl)ccc3-n3cncn3)cs2)cc1OC. The molecule has 4 rings (SSSR count). The number of nitrogens with one attached hydrogen (secondary N) is 1. The smallest absolute Gasteiger partial charge is 0.230 e. The highest BCUT2D eigenvalue weighted by molar-refractivity contribution is 7.13. The number of ether oxygens (including phenoxy) is 2. The Kier molecular flexibility index (Phi) is 6.15. The summed E-state index contributed by atoms with van der Waals surface area (Å²) in [6.45, 7) is 0. The van der Waals surface area contributed by atoms with Gasteiger partial charge in [0.25, 0.3) is 0 Å². The zero-order valence-corrected chi connectivity index (χ0v) is 18.3. The lowest BCUT2D eigenvalue weighted by atomic mass is 10.2. The van der Waals surface area contributed by atoms with E-state index in [1.165, 1.54) is 17.7 Å². The monoisotopic (exact) mass is 455 g/mol. The third-order valence-corrected chi connectivity index (χ3v) is 5.60. The van der Waals surface area contributed by atoms with E-state index in [1.54, 1.807) is 43.4 Å². The van der Waals surface area contributed by atoms with E-state index in [0.29, 0.717) is 33.6 Å². The van der Waals surface area contributed by atoms with E-state index in [9.17, 15) is 4.79 Å². The van der Waals surface area contributed by atoms with Gasteiger partial charge in [-0.1, -0.05) is 11.6 Å². The van der Waals surface area contributed by atoms with Crippen molar-refractivity contribution < 1.29 is 14.3 Å². The molecule has 158 valence electrons. The Morgan fingerprint density at radius 2 is 2.00 bits per heavy atom. The van der Waals surface area contributed by atoms with Crippen LogP contribution >= 0.6 is 22.9 Å². The number of halogens is 1. The maximum Gasteiger partial charge on any atom is 0.230 e. The summed E-state index contributed by atoms with van der Waals surface area (Å²) in [7, 11) is 3.18. The molecule has 0 saturated carbocycles. The molecule has 2 aromatic heterocycles. The van der Waals surface area contributed by atoms with Crippen LogP contribution < -0.4 is 14.8 Å². The van der Waals surface area contributed by atoms with Gasteiger partial charge in [-0.2, -0.15) is 5.10 Å². The number of anilines is 1. The standard InChI is InChI=1S/C21H18ClN5O3S/c1-29-18-6-3-13(7-19(18)30-2)21-25-15(10-31-21)9-20(28)26-16-8-14(22)4-5-17(16)27-12-23-11-24-27/h3-8,10-12H,9H2,1-2H3,(H,26,28). The first-order chi connectivity index (χ1) is 15.1. The molecule has 0 saturated heterocycles. The Morgan fingerprint density at radius 3 is 2.74 bits per heavy atom. The first-order valence-electron chi connectivity index (χ1n) is 9.18. The van der Waals surface area contributed by atoms with E-state index in [0.717, 1.165) is 10.6 Å². The average molecular weight is 456 g/mol. The molecule has 0 bridgehead atoms. The number of hydrogen-bond acceptors (Lipinski definition) is 7. The number of rotatable bonds is 7. The first-order valence-corrected chi connectivity index (χ1v) is 10.4. The minimum absolute atomic E-state index is 0.118. The maximum absolute atomic E-state index is 12.7. The topological polar surface area (TPSA) is 91.2 Å². The Balaban J connectivity index is 1.50. The highest BCUT2D eigenvalue weighted by Gasteiger charge is 2.14. The molecule has 2 heterocycles. The second-order valence-corrected chi connectivity index (χ2v) is 7.73. The van der Waals surface area contributed by atoms with E-state index < -0.39 is 0 Å². The lowest BCUT2D eigenvalue weighted by Gasteiger charge is -2.11. The second kappa shape index (κ2) is 9.15. The predicted octanol–water partition coefficient (Wildman–Crippen LogP) is 4.24. The van der Waals surface area contributed by atoms with Crippen LogP contribution in [0.4, 0.5) is 5.69 Å². The predicted molar refractivity (Wildman–Crippen MR) is 119 cm³/mol. The van der Waals surface area contributed by atoms with Crippen molar-refractivity contribution in [3.63, 3.8) is 0 Å². The molecule has 8 nitrogen and oxygen atoms in total. The van der Waals surface area contributed by atoms with E-state index in [-0.39, 0.29) is 12.3 Å². The van der Waals surface area contributed by atoms with Gasteiger partial charge in [0.15, 0.2) is 11.5 Å². The zero-order valence-electron chi connectivity index (χ0n) is 16.7. The number of amides is 1. The van der Waals surface area contributed by atoms with Gasteiger partial charge in [0, 0.05) is 16.0 Å². The van der Waals surface area contributed by atoms with Gasteiger partial charge in [0.2, 0.25) is 5.91 Å². The molecule has 0 radical (unpaired) electrons. The van der Waals surface area contributed by atoms with Crippen molar-refractivity contribution in [1.82, 2.24) is 19.7 Å². The summed E-state index contributed by atoms with van der Waals surface area (Å²) in [5, 5.41) is 10.2. The number of thiazole rings is 1. The second-order valence-electron chi connectivity index (χ2n) is 6.44. The summed E-state index contributed by atoms with van der Waals surface area (Å²) in [4.78, 5) is 21.2. The fourth-order valence-electron chi connectivity index (χ4n) is 2.99. The fourth-order valence-corrected chi connectivity index (χ4v) is 3.98. The van der Waals surface area contributed by atoms with Gasteiger partial charge in [0.1, 0.15) is 17.7 Å². The van der Waals surface area contributed by atoms with Gasteiger partial charge in [-0.25, -0.2) is 14.6 Å². The number of nitrogens with zero attached hydrogens (tertiary/aromatic N) is 4. The van der Waals surface area contributed by atoms with Crippen LogP contribution in [0.5, 0.6) is 11.5 Å². The normalized spacial score (nSPS) is 10.7. The molecule has 0 aliphatic rings. The zero-order chi connectivity index (χ0) is 21.8. The summed E-state index contributed by atoms with van der Waals surface area (Å²) < 4.78 is 12.2. The summed E-state index contributed by atoms with van der Waals surface area (Å²) in [5.74, 6) is 1.05. The summed E-state index contributed by atoms with van der Waals surface area (Å²) in [5.41, 5.74) is 2.76. The van der Waals surface area contributed by atoms with Crippen LogP contribution in [0, 0.1) is 0 Å². The fraction of sp³-hybridized carbons (Fsp3) is 0.143. The van der Waals surface area contributed by atoms with Crippen molar-refractivity contribution in [3.8, 4) is 27.8 Å². The molecule has 0 fully saturated rings. The van der Waals surface area contributed by atoms with Crippen molar-refractivity contribution in [3.05, 3.63) is 65.1 Å². The Morgan fingerprint density at radius 1 is 1.16 bits per heavy atom. The first kappa shape index (κ1) is 20.8. The van der Waals surface area contributed by atoms with Crippen LogP contribution in [0.2, 0.25) is 5.02 Å². The summed E-state index contributed by atoms with van der Waals surface area (Å²) >= 11 is 7.57. The molecule has 0 spiro atoms. The lowest BCUT2D eigenvalue weighted by molar-refractivity contribution is -0.115. The molecule has 1 N–H and O–H groups in total. The number of benzene rings is 2. The van der Waals surface area contributed by atoms with Crippen LogP contribution in [-0.2, 0) is 11.2 Å². The van der Waals surface area contributed by atoms with Gasteiger partial charge in [-0.3, -0.25) is 4.79 Å². The van der Waals surface area contributed by atoms with Crippen LogP contribution in [-0.4, -0.2) is 39.9 Å². The van der Waals surface area contributed by atoms with Crippen molar-refractivity contribution in [2.24, 2.45) is 0 Å².